The van der Waals surface area contributed by atoms with Crippen molar-refractivity contribution in [2.75, 3.05) is 18.0 Å². The van der Waals surface area contributed by atoms with Crippen LogP contribution >= 0.6 is 0 Å². The summed E-state index contributed by atoms with van der Waals surface area (Å²) in [5.74, 6) is 0.939. The van der Waals surface area contributed by atoms with Crippen molar-refractivity contribution in [2.45, 2.75) is 59.5 Å². The molecule has 20 heavy (non-hydrogen) atoms. The predicted molar refractivity (Wildman–Crippen MR) is 88.4 cm³/mol. The number of rotatable bonds is 8. The van der Waals surface area contributed by atoms with Gasteiger partial charge in [-0.3, -0.25) is 0 Å². The molecule has 2 heteroatoms. The fraction of sp³-hybridized carbons (Fsp3) is 0.667. The number of aryl methyl sites for hydroxylation is 1. The summed E-state index contributed by atoms with van der Waals surface area (Å²) in [5.41, 5.74) is 4.25. The zero-order chi connectivity index (χ0) is 14.5. The molecule has 0 bridgehead atoms. The van der Waals surface area contributed by atoms with Crippen LogP contribution in [0.4, 0.5) is 5.69 Å². The summed E-state index contributed by atoms with van der Waals surface area (Å²) in [6, 6.07) is 7.46. The maximum atomic E-state index is 3.57. The van der Waals surface area contributed by atoms with Crippen LogP contribution in [0.3, 0.4) is 0 Å². The molecule has 0 amide bonds. The van der Waals surface area contributed by atoms with E-state index in [1.165, 1.54) is 49.2 Å². The minimum atomic E-state index is 0.534. The van der Waals surface area contributed by atoms with Gasteiger partial charge in [0.15, 0.2) is 0 Å². The van der Waals surface area contributed by atoms with Crippen LogP contribution in [0.1, 0.15) is 51.2 Å². The topological polar surface area (TPSA) is 15.3 Å². The Bertz CT molecular complexity index is 421. The number of hydrogen-bond acceptors (Lipinski definition) is 2. The molecule has 0 spiro atoms. The fourth-order valence-corrected chi connectivity index (χ4v) is 2.67. The molecule has 1 saturated carbocycles. The van der Waals surface area contributed by atoms with Crippen LogP contribution in [0, 0.1) is 12.8 Å². The fourth-order valence-electron chi connectivity index (χ4n) is 2.67. The van der Waals surface area contributed by atoms with Crippen LogP contribution in [-0.4, -0.2) is 19.1 Å². The average molecular weight is 274 g/mol. The summed E-state index contributed by atoms with van der Waals surface area (Å²) in [6.07, 6.45) is 4.06. The first-order valence-electron chi connectivity index (χ1n) is 8.18. The highest BCUT2D eigenvalue weighted by Gasteiger charge is 2.25. The summed E-state index contributed by atoms with van der Waals surface area (Å²) in [4.78, 5) is 2.61. The Labute approximate surface area is 124 Å². The molecule has 1 aliphatic rings. The van der Waals surface area contributed by atoms with Crippen LogP contribution in [-0.2, 0) is 6.54 Å². The summed E-state index contributed by atoms with van der Waals surface area (Å²) in [7, 11) is 0. The maximum Gasteiger partial charge on any atom is 0.0412 e. The Morgan fingerprint density at radius 1 is 1.30 bits per heavy atom. The highest BCUT2D eigenvalue weighted by Crippen LogP contribution is 2.32. The van der Waals surface area contributed by atoms with Crippen molar-refractivity contribution in [1.82, 2.24) is 5.32 Å². The lowest BCUT2D eigenvalue weighted by Crippen LogP contribution is -2.29. The van der Waals surface area contributed by atoms with E-state index in [1.54, 1.807) is 0 Å². The molecule has 0 atom stereocenters. The third kappa shape index (κ3) is 4.52. The van der Waals surface area contributed by atoms with Gasteiger partial charge in [0.05, 0.1) is 0 Å². The van der Waals surface area contributed by atoms with Gasteiger partial charge in [-0.05, 0) is 43.7 Å². The van der Waals surface area contributed by atoms with Gasteiger partial charge in [-0.1, -0.05) is 38.5 Å². The third-order valence-corrected chi connectivity index (χ3v) is 3.95. The van der Waals surface area contributed by atoms with E-state index in [9.17, 15) is 0 Å². The van der Waals surface area contributed by atoms with E-state index in [1.807, 2.05) is 0 Å². The first kappa shape index (κ1) is 15.4. The Balaban J connectivity index is 2.16. The summed E-state index contributed by atoms with van der Waals surface area (Å²) in [5, 5.41) is 3.57. The van der Waals surface area contributed by atoms with Gasteiger partial charge >= 0.3 is 0 Å². The number of hydrogen-bond donors (Lipinski definition) is 1. The van der Waals surface area contributed by atoms with Crippen molar-refractivity contribution in [2.24, 2.45) is 5.92 Å². The Morgan fingerprint density at radius 3 is 2.65 bits per heavy atom. The molecule has 1 aromatic carbocycles. The number of benzene rings is 1. The van der Waals surface area contributed by atoms with E-state index in [-0.39, 0.29) is 0 Å². The quantitative estimate of drug-likeness (QED) is 0.767. The lowest BCUT2D eigenvalue weighted by Gasteiger charge is -2.27. The van der Waals surface area contributed by atoms with Gasteiger partial charge in [0.2, 0.25) is 0 Å². The van der Waals surface area contributed by atoms with Crippen LogP contribution in [0.2, 0.25) is 0 Å². The van der Waals surface area contributed by atoms with Crippen LogP contribution in [0.5, 0.6) is 0 Å². The molecule has 0 aliphatic heterocycles. The molecule has 0 aromatic heterocycles. The van der Waals surface area contributed by atoms with Gasteiger partial charge in [0, 0.05) is 31.4 Å². The minimum absolute atomic E-state index is 0.534. The molecular formula is C18H30N2. The van der Waals surface area contributed by atoms with Crippen molar-refractivity contribution in [1.29, 1.82) is 0 Å². The monoisotopic (exact) mass is 274 g/mol. The van der Waals surface area contributed by atoms with Gasteiger partial charge in [0.25, 0.3) is 0 Å². The lowest BCUT2D eigenvalue weighted by molar-refractivity contribution is 0.586. The van der Waals surface area contributed by atoms with E-state index >= 15 is 0 Å². The van der Waals surface area contributed by atoms with E-state index in [0.29, 0.717) is 6.04 Å². The van der Waals surface area contributed by atoms with E-state index in [2.05, 4.69) is 56.1 Å². The average Bonchev–Trinajstić information content (AvgIpc) is 3.20. The van der Waals surface area contributed by atoms with E-state index < -0.39 is 0 Å². The number of nitrogens with zero attached hydrogens (tertiary/aromatic N) is 1. The van der Waals surface area contributed by atoms with Gasteiger partial charge in [-0.15, -0.1) is 0 Å². The van der Waals surface area contributed by atoms with Crippen molar-refractivity contribution < 1.29 is 0 Å². The molecule has 1 aliphatic carbocycles. The van der Waals surface area contributed by atoms with Crippen LogP contribution in [0.25, 0.3) is 0 Å². The second kappa shape index (κ2) is 7.12. The van der Waals surface area contributed by atoms with E-state index in [4.69, 9.17) is 0 Å². The van der Waals surface area contributed by atoms with E-state index in [0.717, 1.165) is 12.5 Å². The highest BCUT2D eigenvalue weighted by molar-refractivity contribution is 5.55. The number of anilines is 1. The van der Waals surface area contributed by atoms with Gasteiger partial charge in [-0.25, -0.2) is 0 Å². The highest BCUT2D eigenvalue weighted by atomic mass is 15.1. The maximum absolute atomic E-state index is 3.57. The Morgan fingerprint density at radius 2 is 2.05 bits per heavy atom. The van der Waals surface area contributed by atoms with Gasteiger partial charge in [-0.2, -0.15) is 0 Å². The molecule has 1 fully saturated rings. The molecule has 1 aromatic rings. The van der Waals surface area contributed by atoms with Gasteiger partial charge in [0.1, 0.15) is 0 Å². The normalized spacial score (nSPS) is 14.8. The smallest absolute Gasteiger partial charge is 0.0412 e. The first-order valence-corrected chi connectivity index (χ1v) is 8.18. The second-order valence-electron chi connectivity index (χ2n) is 6.56. The first-order chi connectivity index (χ1) is 9.60. The predicted octanol–water partition coefficient (Wildman–Crippen LogP) is 4.12. The summed E-state index contributed by atoms with van der Waals surface area (Å²) >= 11 is 0. The number of nitrogens with one attached hydrogen (secondary N) is 1. The molecule has 2 nitrogen and oxygen atoms in total. The van der Waals surface area contributed by atoms with Crippen molar-refractivity contribution in [3.05, 3.63) is 29.3 Å². The second-order valence-corrected chi connectivity index (χ2v) is 6.56. The zero-order valence-electron chi connectivity index (χ0n) is 13.6. The lowest BCUT2D eigenvalue weighted by atomic mass is 10.1. The van der Waals surface area contributed by atoms with Gasteiger partial charge < -0.3 is 10.2 Å². The van der Waals surface area contributed by atoms with Crippen molar-refractivity contribution >= 4 is 5.69 Å². The molecule has 1 N–H and O–H groups in total. The molecule has 0 unspecified atom stereocenters. The molecule has 2 rings (SSSR count). The SMILES string of the molecule is CCCN(CC1CC1)c1ccc(C)cc1CNC(C)C. The molecular weight excluding hydrogens is 244 g/mol. The minimum Gasteiger partial charge on any atom is -0.371 e. The molecule has 112 valence electrons. The molecule has 0 saturated heterocycles. The molecule has 0 heterocycles. The Hall–Kier alpha value is -1.02. The summed E-state index contributed by atoms with van der Waals surface area (Å²) < 4.78 is 0. The van der Waals surface area contributed by atoms with Crippen molar-refractivity contribution in [3.8, 4) is 0 Å². The standard InChI is InChI=1S/C18H30N2/c1-5-10-20(13-16-7-8-16)18-9-6-15(4)11-17(18)12-19-14(2)3/h6,9,11,14,16,19H,5,7-8,10,12-13H2,1-4H3. The zero-order valence-corrected chi connectivity index (χ0v) is 13.6. The Kier molecular flexibility index (Phi) is 5.47. The largest absolute Gasteiger partial charge is 0.371 e. The molecule has 0 radical (unpaired) electrons. The van der Waals surface area contributed by atoms with Crippen molar-refractivity contribution in [3.63, 3.8) is 0 Å². The third-order valence-electron chi connectivity index (χ3n) is 3.95. The van der Waals surface area contributed by atoms with Crippen LogP contribution in [0.15, 0.2) is 18.2 Å². The summed E-state index contributed by atoms with van der Waals surface area (Å²) in [6.45, 7) is 12.3. The van der Waals surface area contributed by atoms with Crippen LogP contribution < -0.4 is 10.2 Å².